The number of hydrogen-bond donors (Lipinski definition) is 1. The van der Waals surface area contributed by atoms with Gasteiger partial charge in [0.25, 0.3) is 0 Å². The van der Waals surface area contributed by atoms with Crippen molar-refractivity contribution in [3.63, 3.8) is 0 Å². The Morgan fingerprint density at radius 2 is 1.86 bits per heavy atom. The molecule has 5 nitrogen and oxygen atoms in total. The summed E-state index contributed by atoms with van der Waals surface area (Å²) >= 11 is 0. The molecule has 0 aliphatic heterocycles. The lowest BCUT2D eigenvalue weighted by Crippen LogP contribution is -2.53. The highest BCUT2D eigenvalue weighted by Gasteiger charge is 2.52. The van der Waals surface area contributed by atoms with Gasteiger partial charge in [0.1, 0.15) is 5.41 Å². The van der Waals surface area contributed by atoms with Crippen molar-refractivity contribution in [2.45, 2.75) is 26.3 Å². The van der Waals surface area contributed by atoms with Crippen molar-refractivity contribution < 1.29 is 33.8 Å². The van der Waals surface area contributed by atoms with Gasteiger partial charge in [0, 0.05) is 6.85 Å². The van der Waals surface area contributed by atoms with Gasteiger partial charge in [0.15, 0.2) is 5.60 Å². The van der Waals surface area contributed by atoms with Crippen molar-refractivity contribution in [2.24, 2.45) is 5.41 Å². The largest absolute Gasteiger partial charge is 0.469 e. The molecule has 0 fully saturated rings. The van der Waals surface area contributed by atoms with Crippen LogP contribution in [0.3, 0.4) is 0 Å². The lowest BCUT2D eigenvalue weighted by atomic mass is 9.76. The number of aliphatic hydroxyl groups is 1. The van der Waals surface area contributed by atoms with Crippen LogP contribution in [0.2, 0.25) is 0 Å². The van der Waals surface area contributed by atoms with Gasteiger partial charge in [-0.15, -0.1) is 0 Å². The van der Waals surface area contributed by atoms with Gasteiger partial charge in [-0.05, 0) is 20.7 Å². The molecule has 1 N–H and O–H groups in total. The fourth-order valence-electron chi connectivity index (χ4n) is 0.614. The summed E-state index contributed by atoms with van der Waals surface area (Å²) in [6.45, 7) is -5.16. The van der Waals surface area contributed by atoms with Gasteiger partial charge < -0.3 is 14.6 Å². The van der Waals surface area contributed by atoms with E-state index in [9.17, 15) is 14.7 Å². The predicted molar refractivity (Wildman–Crippen MR) is 48.4 cm³/mol. The van der Waals surface area contributed by atoms with Crippen LogP contribution in [-0.4, -0.2) is 36.8 Å². The van der Waals surface area contributed by atoms with Crippen LogP contribution in [0.5, 0.6) is 0 Å². The second-order valence-electron chi connectivity index (χ2n) is 2.78. The quantitative estimate of drug-likeness (QED) is 0.671. The molecule has 0 rings (SSSR count). The molecule has 0 bridgehead atoms. The van der Waals surface area contributed by atoms with Crippen LogP contribution in [0.15, 0.2) is 0 Å². The van der Waals surface area contributed by atoms with Gasteiger partial charge >= 0.3 is 11.9 Å². The van der Waals surface area contributed by atoms with Gasteiger partial charge in [0.05, 0.1) is 16.9 Å². The summed E-state index contributed by atoms with van der Waals surface area (Å²) in [5.41, 5.74) is -6.41. The molecule has 0 aromatic rings. The Morgan fingerprint density at radius 3 is 2.29 bits per heavy atom. The lowest BCUT2D eigenvalue weighted by molar-refractivity contribution is -0.186. The van der Waals surface area contributed by atoms with Crippen LogP contribution in [-0.2, 0) is 19.1 Å². The number of carbonyl (C=O) groups is 2. The molecule has 0 radical (unpaired) electrons. The standard InChI is InChI=1S/C9H16O5/c1-8(2,6(10)13-4)9(3,12)7(11)14-5/h12H,1-5H3/i1D2,3D3,4D,5D. The molecule has 82 valence electrons. The van der Waals surface area contributed by atoms with E-state index in [0.717, 1.165) is 0 Å². The van der Waals surface area contributed by atoms with Crippen LogP contribution in [0.1, 0.15) is 30.2 Å². The van der Waals surface area contributed by atoms with Gasteiger partial charge in [-0.3, -0.25) is 4.79 Å². The van der Waals surface area contributed by atoms with Crippen LogP contribution >= 0.6 is 0 Å². The van der Waals surface area contributed by atoms with E-state index in [4.69, 9.17) is 9.60 Å². The molecular formula is C9H16O5. The highest BCUT2D eigenvalue weighted by molar-refractivity contribution is 5.89. The van der Waals surface area contributed by atoms with E-state index in [-0.39, 0.29) is 0 Å². The molecule has 5 heteroatoms. The Morgan fingerprint density at radius 1 is 1.29 bits per heavy atom. The highest BCUT2D eigenvalue weighted by Crippen LogP contribution is 2.32. The maximum atomic E-state index is 11.9. The Balaban J connectivity index is 6.20. The number of methoxy groups -OCH3 is 2. The van der Waals surface area contributed by atoms with Crippen LogP contribution in [0, 0.1) is 5.41 Å². The van der Waals surface area contributed by atoms with Crippen molar-refractivity contribution in [1.29, 1.82) is 0 Å². The SMILES string of the molecule is [2H]COC(=O)C(C)(C([2H])[2H])C(O)(C(=O)OC[2H])C([2H])([2H])[2H]. The molecule has 0 saturated carbocycles. The Hall–Kier alpha value is -1.10. The minimum atomic E-state index is -3.57. The monoisotopic (exact) mass is 211 g/mol. The van der Waals surface area contributed by atoms with Crippen LogP contribution < -0.4 is 0 Å². The van der Waals surface area contributed by atoms with E-state index >= 15 is 0 Å². The maximum absolute atomic E-state index is 11.9. The fourth-order valence-corrected chi connectivity index (χ4v) is 0.614. The molecule has 2 unspecified atom stereocenters. The van der Waals surface area contributed by atoms with E-state index < -0.39 is 50.9 Å². The summed E-state index contributed by atoms with van der Waals surface area (Å²) < 4.78 is 58.4. The van der Waals surface area contributed by atoms with E-state index in [0.29, 0.717) is 6.92 Å². The van der Waals surface area contributed by atoms with E-state index in [2.05, 4.69) is 9.47 Å². The second-order valence-corrected chi connectivity index (χ2v) is 2.78. The van der Waals surface area contributed by atoms with Crippen molar-refractivity contribution >= 4 is 11.9 Å². The number of hydrogen-bond acceptors (Lipinski definition) is 5. The number of esters is 2. The van der Waals surface area contributed by atoms with Crippen molar-refractivity contribution in [2.75, 3.05) is 14.2 Å². The molecule has 0 spiro atoms. The zero-order chi connectivity index (χ0) is 17.1. The van der Waals surface area contributed by atoms with E-state index in [1.807, 2.05) is 0 Å². The first-order valence-electron chi connectivity index (χ1n) is 7.48. The number of carbonyl (C=O) groups excluding carboxylic acids is 2. The summed E-state index contributed by atoms with van der Waals surface area (Å²) in [6.07, 6.45) is 0. The van der Waals surface area contributed by atoms with Crippen molar-refractivity contribution in [1.82, 2.24) is 0 Å². The molecule has 14 heavy (non-hydrogen) atoms. The smallest absolute Gasteiger partial charge is 0.338 e. The second kappa shape index (κ2) is 3.96. The van der Waals surface area contributed by atoms with Crippen molar-refractivity contribution in [3.8, 4) is 0 Å². The summed E-state index contributed by atoms with van der Waals surface area (Å²) in [5, 5.41) is 10.3. The Kier molecular flexibility index (Phi) is 1.45. The third kappa shape index (κ3) is 1.87. The average Bonchev–Trinajstić information content (AvgIpc) is 2.35. The zero-order valence-corrected chi connectivity index (χ0v) is 7.57. The molecular weight excluding hydrogens is 188 g/mol. The van der Waals surface area contributed by atoms with E-state index in [1.165, 1.54) is 0 Å². The minimum Gasteiger partial charge on any atom is -0.469 e. The molecule has 0 aromatic carbocycles. The summed E-state index contributed by atoms with van der Waals surface area (Å²) in [4.78, 5) is 23.7. The summed E-state index contributed by atoms with van der Waals surface area (Å²) in [6, 6.07) is 0. The van der Waals surface area contributed by atoms with Crippen LogP contribution in [0.4, 0.5) is 0 Å². The lowest BCUT2D eigenvalue weighted by Gasteiger charge is -2.34. The topological polar surface area (TPSA) is 72.8 Å². The summed E-state index contributed by atoms with van der Waals surface area (Å²) in [5.74, 6) is -3.42. The Bertz CT molecular complexity index is 398. The number of ether oxygens (including phenoxy) is 2. The molecule has 0 saturated heterocycles. The van der Waals surface area contributed by atoms with Gasteiger partial charge in [-0.2, -0.15) is 0 Å². The first-order valence-corrected chi connectivity index (χ1v) is 3.41. The highest BCUT2D eigenvalue weighted by atomic mass is 16.5. The van der Waals surface area contributed by atoms with Gasteiger partial charge in [-0.1, -0.05) is 0 Å². The van der Waals surface area contributed by atoms with Gasteiger partial charge in [0.2, 0.25) is 0 Å². The van der Waals surface area contributed by atoms with Gasteiger partial charge in [-0.25, -0.2) is 4.79 Å². The zero-order valence-electron chi connectivity index (χ0n) is 14.6. The third-order valence-electron chi connectivity index (χ3n) is 1.73. The first kappa shape index (κ1) is 5.11. The Labute approximate surface area is 92.8 Å². The minimum absolute atomic E-state index is 0.688. The van der Waals surface area contributed by atoms with E-state index in [1.54, 1.807) is 0 Å². The molecule has 2 atom stereocenters. The van der Waals surface area contributed by atoms with Crippen LogP contribution in [0.25, 0.3) is 0 Å². The fraction of sp³-hybridized carbons (Fsp3) is 0.778. The normalized spacial score (nSPS) is 27.2. The first-order chi connectivity index (χ1) is 9.41. The van der Waals surface area contributed by atoms with Crippen molar-refractivity contribution in [3.05, 3.63) is 0 Å². The molecule has 0 heterocycles. The summed E-state index contributed by atoms with van der Waals surface area (Å²) in [7, 11) is -1.98. The predicted octanol–water partition coefficient (Wildman–Crippen LogP) is 0.110. The third-order valence-corrected chi connectivity index (χ3v) is 1.73. The maximum Gasteiger partial charge on any atom is 0.338 e. The average molecular weight is 211 g/mol. The molecule has 0 aliphatic rings. The number of rotatable bonds is 3. The molecule has 0 aliphatic carbocycles. The molecule has 0 aromatic heterocycles. The molecule has 0 amide bonds.